The molecule has 2 fully saturated rings. The summed E-state index contributed by atoms with van der Waals surface area (Å²) in [5.41, 5.74) is 5.95. The van der Waals surface area contributed by atoms with Gasteiger partial charge in [0.2, 0.25) is 0 Å². The normalized spacial score (nSPS) is 21.2. The molecule has 2 aromatic rings. The van der Waals surface area contributed by atoms with Crippen molar-refractivity contribution in [1.82, 2.24) is 0 Å². The van der Waals surface area contributed by atoms with Gasteiger partial charge in [0.05, 0.1) is 25.4 Å². The lowest BCUT2D eigenvalue weighted by Gasteiger charge is -2.33. The number of unbranched alkanes of at least 4 members (excludes halogenated alkanes) is 3. The van der Waals surface area contributed by atoms with Crippen molar-refractivity contribution in [3.8, 4) is 0 Å². The number of ether oxygens (including phenoxy) is 3. The molecule has 0 amide bonds. The van der Waals surface area contributed by atoms with E-state index in [4.69, 9.17) is 14.2 Å². The summed E-state index contributed by atoms with van der Waals surface area (Å²) < 4.78 is 17.9. The molecule has 0 radical (unpaired) electrons. The van der Waals surface area contributed by atoms with Crippen LogP contribution in [0.2, 0.25) is 0 Å². The Hall–Kier alpha value is -2.17. The predicted octanol–water partition coefficient (Wildman–Crippen LogP) is 9.20. The second kappa shape index (κ2) is 14.8. The number of rotatable bonds is 12. The van der Waals surface area contributed by atoms with Gasteiger partial charge in [-0.3, -0.25) is 0 Å². The van der Waals surface area contributed by atoms with Crippen LogP contribution in [0.1, 0.15) is 148 Å². The van der Waals surface area contributed by atoms with Crippen molar-refractivity contribution in [3.63, 3.8) is 0 Å². The molecule has 0 spiro atoms. The highest BCUT2D eigenvalue weighted by molar-refractivity contribution is 5.89. The van der Waals surface area contributed by atoms with E-state index in [1.165, 1.54) is 68.9 Å². The topological polar surface area (TPSA) is 44.8 Å². The number of benzene rings is 2. The van der Waals surface area contributed by atoms with E-state index in [1.54, 1.807) is 5.56 Å². The lowest BCUT2D eigenvalue weighted by molar-refractivity contribution is -0.191. The Bertz CT molecular complexity index is 984. The second-order valence-corrected chi connectivity index (χ2v) is 11.4. The molecule has 1 aliphatic carbocycles. The van der Waals surface area contributed by atoms with Crippen LogP contribution in [0.25, 0.3) is 0 Å². The maximum absolute atomic E-state index is 12.3. The first-order chi connectivity index (χ1) is 18.6. The molecule has 0 bridgehead atoms. The van der Waals surface area contributed by atoms with Crippen LogP contribution in [0.15, 0.2) is 42.5 Å². The number of hydrogen-bond acceptors (Lipinski definition) is 4. The molecule has 2 aliphatic rings. The van der Waals surface area contributed by atoms with Gasteiger partial charge < -0.3 is 14.2 Å². The molecule has 1 aliphatic heterocycles. The van der Waals surface area contributed by atoms with Crippen molar-refractivity contribution in [3.05, 3.63) is 70.3 Å². The van der Waals surface area contributed by atoms with Crippen LogP contribution in [0.3, 0.4) is 0 Å². The molecule has 2 aromatic carbocycles. The summed E-state index contributed by atoms with van der Waals surface area (Å²) in [5, 5.41) is 0. The quantitative estimate of drug-likeness (QED) is 0.207. The molecular formula is C34H48O4. The van der Waals surface area contributed by atoms with Gasteiger partial charge in [-0.15, -0.1) is 0 Å². The van der Waals surface area contributed by atoms with E-state index in [9.17, 15) is 4.79 Å². The predicted molar refractivity (Wildman–Crippen MR) is 154 cm³/mol. The molecule has 208 valence electrons. The Morgan fingerprint density at radius 3 is 2.29 bits per heavy atom. The molecule has 1 atom stereocenters. The van der Waals surface area contributed by atoms with E-state index in [-0.39, 0.29) is 11.9 Å². The third-order valence-electron chi connectivity index (χ3n) is 8.43. The van der Waals surface area contributed by atoms with Gasteiger partial charge in [0.1, 0.15) is 0 Å². The molecule has 4 heteroatoms. The summed E-state index contributed by atoms with van der Waals surface area (Å²) in [6.45, 7) is 8.59. The van der Waals surface area contributed by atoms with Crippen molar-refractivity contribution < 1.29 is 19.0 Å². The standard InChI is InChI=1S/C34H48O4/c1-4-6-7-11-21-36-33(35)27-15-17-28(18-16-27)34-37-23-30(24-38-34)31-20-19-29(25(3)12-5-2)22-32(31)26-13-9-8-10-14-26/h15-20,22,25-26,30,34H,4-14,21,23-24H2,1-3H3. The van der Waals surface area contributed by atoms with Gasteiger partial charge in [-0.05, 0) is 66.3 Å². The molecule has 0 N–H and O–H groups in total. The van der Waals surface area contributed by atoms with Crippen molar-refractivity contribution >= 4 is 5.97 Å². The molecule has 1 unspecified atom stereocenters. The first-order valence-corrected chi connectivity index (χ1v) is 15.2. The minimum Gasteiger partial charge on any atom is -0.462 e. The van der Waals surface area contributed by atoms with Gasteiger partial charge in [-0.2, -0.15) is 0 Å². The Kier molecular flexibility index (Phi) is 11.3. The second-order valence-electron chi connectivity index (χ2n) is 11.4. The van der Waals surface area contributed by atoms with Crippen LogP contribution in [-0.4, -0.2) is 25.8 Å². The molecule has 38 heavy (non-hydrogen) atoms. The van der Waals surface area contributed by atoms with Gasteiger partial charge in [0, 0.05) is 11.5 Å². The first kappa shape index (κ1) is 28.8. The van der Waals surface area contributed by atoms with Crippen molar-refractivity contribution in [2.45, 2.75) is 115 Å². The van der Waals surface area contributed by atoms with Crippen molar-refractivity contribution in [2.75, 3.05) is 19.8 Å². The summed E-state index contributed by atoms with van der Waals surface area (Å²) in [7, 11) is 0. The Balaban J connectivity index is 1.37. The largest absolute Gasteiger partial charge is 0.462 e. The van der Waals surface area contributed by atoms with Crippen molar-refractivity contribution in [1.29, 1.82) is 0 Å². The van der Waals surface area contributed by atoms with E-state index >= 15 is 0 Å². The van der Waals surface area contributed by atoms with Crippen LogP contribution < -0.4 is 0 Å². The minimum absolute atomic E-state index is 0.251. The fraction of sp³-hybridized carbons (Fsp3) is 0.618. The molecule has 1 heterocycles. The summed E-state index contributed by atoms with van der Waals surface area (Å²) in [6.07, 6.45) is 13.1. The maximum Gasteiger partial charge on any atom is 0.338 e. The molecule has 0 aromatic heterocycles. The maximum atomic E-state index is 12.3. The summed E-state index contributed by atoms with van der Waals surface area (Å²) in [6, 6.07) is 14.7. The van der Waals surface area contributed by atoms with Crippen LogP contribution in [-0.2, 0) is 14.2 Å². The zero-order valence-corrected chi connectivity index (χ0v) is 23.9. The van der Waals surface area contributed by atoms with Crippen LogP contribution >= 0.6 is 0 Å². The van der Waals surface area contributed by atoms with E-state index in [2.05, 4.69) is 39.0 Å². The van der Waals surface area contributed by atoms with Gasteiger partial charge >= 0.3 is 5.97 Å². The highest BCUT2D eigenvalue weighted by atomic mass is 16.7. The fourth-order valence-electron chi connectivity index (χ4n) is 6.07. The van der Waals surface area contributed by atoms with Gasteiger partial charge in [0.15, 0.2) is 6.29 Å². The minimum atomic E-state index is -0.396. The number of carbonyl (C=O) groups is 1. The van der Waals surface area contributed by atoms with Gasteiger partial charge in [-0.25, -0.2) is 4.79 Å². The SMILES string of the molecule is CCCCCCOC(=O)c1ccc(C2OCC(c3ccc(C(C)CCC)cc3C3CCCCC3)CO2)cc1. The highest BCUT2D eigenvalue weighted by Crippen LogP contribution is 2.40. The Morgan fingerprint density at radius 1 is 0.868 bits per heavy atom. The van der Waals surface area contributed by atoms with Gasteiger partial charge in [-0.1, -0.05) is 96.0 Å². The van der Waals surface area contributed by atoms with Crippen LogP contribution in [0.5, 0.6) is 0 Å². The Morgan fingerprint density at radius 2 is 1.61 bits per heavy atom. The van der Waals surface area contributed by atoms with E-state index in [0.29, 0.717) is 37.2 Å². The number of hydrogen-bond donors (Lipinski definition) is 0. The zero-order chi connectivity index (χ0) is 26.7. The lowest BCUT2D eigenvalue weighted by atomic mass is 9.78. The fourth-order valence-corrected chi connectivity index (χ4v) is 6.07. The molecule has 4 nitrogen and oxygen atoms in total. The Labute approximate surface area is 230 Å². The average Bonchev–Trinajstić information content (AvgIpc) is 2.97. The van der Waals surface area contributed by atoms with E-state index in [1.807, 2.05) is 24.3 Å². The monoisotopic (exact) mass is 520 g/mol. The zero-order valence-electron chi connectivity index (χ0n) is 23.9. The third-order valence-corrected chi connectivity index (χ3v) is 8.43. The lowest BCUT2D eigenvalue weighted by Crippen LogP contribution is -2.27. The van der Waals surface area contributed by atoms with E-state index in [0.717, 1.165) is 18.4 Å². The molecule has 1 saturated carbocycles. The summed E-state index contributed by atoms with van der Waals surface area (Å²) >= 11 is 0. The van der Waals surface area contributed by atoms with Gasteiger partial charge in [0.25, 0.3) is 0 Å². The van der Waals surface area contributed by atoms with Crippen molar-refractivity contribution in [2.24, 2.45) is 0 Å². The molecule has 1 saturated heterocycles. The number of esters is 1. The average molecular weight is 521 g/mol. The molecule has 4 rings (SSSR count). The van der Waals surface area contributed by atoms with E-state index < -0.39 is 6.29 Å². The first-order valence-electron chi connectivity index (χ1n) is 15.2. The smallest absolute Gasteiger partial charge is 0.338 e. The summed E-state index contributed by atoms with van der Waals surface area (Å²) in [5.74, 6) is 1.25. The molecular weight excluding hydrogens is 472 g/mol. The third kappa shape index (κ3) is 7.70. The van der Waals surface area contributed by atoms with Crippen LogP contribution in [0, 0.1) is 0 Å². The highest BCUT2D eigenvalue weighted by Gasteiger charge is 2.29. The van der Waals surface area contributed by atoms with Crippen LogP contribution in [0.4, 0.5) is 0 Å². The summed E-state index contributed by atoms with van der Waals surface area (Å²) in [4.78, 5) is 12.3. The number of carbonyl (C=O) groups excluding carboxylic acids is 1.